The van der Waals surface area contributed by atoms with Crippen molar-refractivity contribution >= 4 is 18.0 Å². The van der Waals surface area contributed by atoms with Gasteiger partial charge in [-0.05, 0) is 30.3 Å². The van der Waals surface area contributed by atoms with Crippen LogP contribution in [0.5, 0.6) is 0 Å². The number of halogens is 2. The Bertz CT molecular complexity index is 708. The molecule has 4 nitrogen and oxygen atoms in total. The number of aromatic nitrogens is 2. The van der Waals surface area contributed by atoms with Crippen LogP contribution < -0.4 is 5.56 Å². The molecule has 0 fully saturated rings. The molecular weight excluding hydrogens is 298 g/mol. The number of benzene rings is 1. The number of nitrogens with zero attached hydrogens (tertiary/aromatic N) is 1. The van der Waals surface area contributed by atoms with Crippen molar-refractivity contribution in [3.63, 3.8) is 0 Å². The lowest BCUT2D eigenvalue weighted by Gasteiger charge is -2.06. The SMILES string of the molecule is CCCc1cc(=O)[nH]c(Sc2c(F)cc(C=O)cc2F)n1. The van der Waals surface area contributed by atoms with Gasteiger partial charge in [-0.3, -0.25) is 9.59 Å². The third-order valence-corrected chi connectivity index (χ3v) is 3.62. The van der Waals surface area contributed by atoms with Gasteiger partial charge in [0.05, 0.1) is 4.90 Å². The predicted molar refractivity (Wildman–Crippen MR) is 74.7 cm³/mol. The quantitative estimate of drug-likeness (QED) is 0.681. The minimum atomic E-state index is -0.870. The van der Waals surface area contributed by atoms with E-state index in [2.05, 4.69) is 9.97 Å². The molecule has 1 aromatic carbocycles. The molecule has 0 saturated carbocycles. The zero-order valence-corrected chi connectivity index (χ0v) is 12.0. The van der Waals surface area contributed by atoms with Crippen LogP contribution in [0.1, 0.15) is 29.4 Å². The topological polar surface area (TPSA) is 62.8 Å². The van der Waals surface area contributed by atoms with Crippen LogP contribution in [-0.4, -0.2) is 16.3 Å². The van der Waals surface area contributed by atoms with Gasteiger partial charge in [0.1, 0.15) is 17.9 Å². The predicted octanol–water partition coefficient (Wildman–Crippen LogP) is 2.96. The normalized spacial score (nSPS) is 10.6. The number of carbonyl (C=O) groups excluding carboxylic acids is 1. The fraction of sp³-hybridized carbons (Fsp3) is 0.214. The van der Waals surface area contributed by atoms with E-state index in [0.29, 0.717) is 30.2 Å². The van der Waals surface area contributed by atoms with Gasteiger partial charge in [0.2, 0.25) is 0 Å². The average Bonchev–Trinajstić information content (AvgIpc) is 2.42. The summed E-state index contributed by atoms with van der Waals surface area (Å²) in [5.74, 6) is -1.74. The summed E-state index contributed by atoms with van der Waals surface area (Å²) in [4.78, 5) is 28.3. The highest BCUT2D eigenvalue weighted by molar-refractivity contribution is 7.99. The van der Waals surface area contributed by atoms with Gasteiger partial charge in [-0.1, -0.05) is 13.3 Å². The van der Waals surface area contributed by atoms with Crippen LogP contribution in [-0.2, 0) is 6.42 Å². The van der Waals surface area contributed by atoms with E-state index in [1.54, 1.807) is 0 Å². The number of carbonyl (C=O) groups is 1. The molecule has 110 valence electrons. The minimum Gasteiger partial charge on any atom is -0.301 e. The molecule has 0 aliphatic heterocycles. The molecule has 0 aliphatic carbocycles. The van der Waals surface area contributed by atoms with Crippen LogP contribution in [0.25, 0.3) is 0 Å². The average molecular weight is 310 g/mol. The van der Waals surface area contributed by atoms with E-state index in [9.17, 15) is 18.4 Å². The minimum absolute atomic E-state index is 0.0875. The van der Waals surface area contributed by atoms with Crippen LogP contribution in [0.3, 0.4) is 0 Å². The Morgan fingerprint density at radius 2 is 1.95 bits per heavy atom. The molecule has 2 aromatic rings. The first-order valence-electron chi connectivity index (χ1n) is 6.25. The molecule has 1 aromatic heterocycles. The Morgan fingerprint density at radius 3 is 2.52 bits per heavy atom. The van der Waals surface area contributed by atoms with Crippen LogP contribution in [0, 0.1) is 11.6 Å². The van der Waals surface area contributed by atoms with Crippen molar-refractivity contribution in [3.8, 4) is 0 Å². The van der Waals surface area contributed by atoms with Crippen molar-refractivity contribution in [2.75, 3.05) is 0 Å². The molecule has 2 rings (SSSR count). The van der Waals surface area contributed by atoms with Gasteiger partial charge in [0, 0.05) is 17.3 Å². The summed E-state index contributed by atoms with van der Waals surface area (Å²) in [7, 11) is 0. The monoisotopic (exact) mass is 310 g/mol. The van der Waals surface area contributed by atoms with Crippen molar-refractivity contribution < 1.29 is 13.6 Å². The lowest BCUT2D eigenvalue weighted by molar-refractivity contribution is 0.112. The molecule has 0 atom stereocenters. The molecule has 1 N–H and O–H groups in total. The van der Waals surface area contributed by atoms with Crippen molar-refractivity contribution in [3.05, 3.63) is 51.4 Å². The van der Waals surface area contributed by atoms with E-state index in [1.165, 1.54) is 6.07 Å². The summed E-state index contributed by atoms with van der Waals surface area (Å²) in [5, 5.41) is 0.114. The van der Waals surface area contributed by atoms with Crippen molar-refractivity contribution in [2.45, 2.75) is 29.8 Å². The first-order valence-corrected chi connectivity index (χ1v) is 7.07. The number of H-pyrrole nitrogens is 1. The Morgan fingerprint density at radius 1 is 1.29 bits per heavy atom. The summed E-state index contributed by atoms with van der Waals surface area (Å²) >= 11 is 0.682. The molecule has 0 bridgehead atoms. The largest absolute Gasteiger partial charge is 0.301 e. The summed E-state index contributed by atoms with van der Waals surface area (Å²) in [6.07, 6.45) is 1.77. The van der Waals surface area contributed by atoms with Crippen molar-refractivity contribution in [1.82, 2.24) is 9.97 Å². The smallest absolute Gasteiger partial charge is 0.251 e. The van der Waals surface area contributed by atoms with E-state index < -0.39 is 11.6 Å². The van der Waals surface area contributed by atoms with Gasteiger partial charge in [-0.2, -0.15) is 0 Å². The summed E-state index contributed by atoms with van der Waals surface area (Å²) < 4.78 is 27.6. The van der Waals surface area contributed by atoms with E-state index in [4.69, 9.17) is 0 Å². The first kappa shape index (κ1) is 15.4. The number of hydrogen-bond donors (Lipinski definition) is 1. The third kappa shape index (κ3) is 3.75. The van der Waals surface area contributed by atoms with Gasteiger partial charge in [0.15, 0.2) is 5.16 Å². The Hall–Kier alpha value is -2.02. The van der Waals surface area contributed by atoms with Crippen LogP contribution in [0.2, 0.25) is 0 Å². The van der Waals surface area contributed by atoms with Crippen molar-refractivity contribution in [2.24, 2.45) is 0 Å². The summed E-state index contributed by atoms with van der Waals surface area (Å²) in [6, 6.07) is 3.23. The van der Waals surface area contributed by atoms with E-state index in [-0.39, 0.29) is 21.2 Å². The maximum Gasteiger partial charge on any atom is 0.251 e. The molecule has 1 heterocycles. The van der Waals surface area contributed by atoms with Crippen LogP contribution in [0.4, 0.5) is 8.78 Å². The van der Waals surface area contributed by atoms with E-state index in [0.717, 1.165) is 18.6 Å². The zero-order chi connectivity index (χ0) is 15.4. The molecule has 7 heteroatoms. The third-order valence-electron chi connectivity index (χ3n) is 2.63. The Labute approximate surface area is 123 Å². The highest BCUT2D eigenvalue weighted by atomic mass is 32.2. The van der Waals surface area contributed by atoms with Crippen LogP contribution in [0.15, 0.2) is 33.0 Å². The summed E-state index contributed by atoms with van der Waals surface area (Å²) in [6.45, 7) is 1.94. The lowest BCUT2D eigenvalue weighted by Crippen LogP contribution is -2.10. The second-order valence-electron chi connectivity index (χ2n) is 4.33. The fourth-order valence-corrected chi connectivity index (χ4v) is 2.58. The number of aldehydes is 1. The Kier molecular flexibility index (Phi) is 4.85. The Balaban J connectivity index is 2.38. The van der Waals surface area contributed by atoms with Gasteiger partial charge >= 0.3 is 0 Å². The molecule has 0 unspecified atom stereocenters. The van der Waals surface area contributed by atoms with E-state index >= 15 is 0 Å². The number of aryl methyl sites for hydroxylation is 1. The van der Waals surface area contributed by atoms with Gasteiger partial charge in [-0.25, -0.2) is 13.8 Å². The summed E-state index contributed by atoms with van der Waals surface area (Å²) in [5.41, 5.74) is 0.103. The van der Waals surface area contributed by atoms with Gasteiger partial charge < -0.3 is 4.98 Å². The van der Waals surface area contributed by atoms with E-state index in [1.807, 2.05) is 6.92 Å². The van der Waals surface area contributed by atoms with Gasteiger partial charge in [-0.15, -0.1) is 0 Å². The van der Waals surface area contributed by atoms with Crippen LogP contribution >= 0.6 is 11.8 Å². The number of hydrogen-bond acceptors (Lipinski definition) is 4. The number of nitrogens with one attached hydrogen (secondary N) is 1. The maximum absolute atomic E-state index is 13.8. The molecular formula is C14H12F2N2O2S. The maximum atomic E-state index is 13.8. The zero-order valence-electron chi connectivity index (χ0n) is 11.2. The second kappa shape index (κ2) is 6.62. The second-order valence-corrected chi connectivity index (χ2v) is 5.32. The molecule has 0 saturated heterocycles. The lowest BCUT2D eigenvalue weighted by atomic mass is 10.2. The highest BCUT2D eigenvalue weighted by Crippen LogP contribution is 2.30. The molecule has 21 heavy (non-hydrogen) atoms. The number of aromatic amines is 1. The standard InChI is InChI=1S/C14H12F2N2O2S/c1-2-3-9-6-12(20)18-14(17-9)21-13-10(15)4-8(7-19)5-11(13)16/h4-7H,2-3H2,1H3,(H,17,18,20). The highest BCUT2D eigenvalue weighted by Gasteiger charge is 2.14. The van der Waals surface area contributed by atoms with Crippen molar-refractivity contribution in [1.29, 1.82) is 0 Å². The number of rotatable bonds is 5. The van der Waals surface area contributed by atoms with Gasteiger partial charge in [0.25, 0.3) is 5.56 Å². The molecule has 0 aliphatic rings. The molecule has 0 radical (unpaired) electrons. The molecule has 0 spiro atoms. The molecule has 0 amide bonds. The fourth-order valence-electron chi connectivity index (χ4n) is 1.76. The first-order chi connectivity index (χ1) is 10.0.